The van der Waals surface area contributed by atoms with Crippen LogP contribution < -0.4 is 4.74 Å². The van der Waals surface area contributed by atoms with Crippen molar-refractivity contribution < 1.29 is 13.2 Å². The molecule has 0 N–H and O–H groups in total. The predicted octanol–water partition coefficient (Wildman–Crippen LogP) is 2.80. The van der Waals surface area contributed by atoms with E-state index >= 15 is 0 Å². The smallest absolute Gasteiger partial charge is 0.243 e. The maximum atomic E-state index is 12.5. The summed E-state index contributed by atoms with van der Waals surface area (Å²) in [7, 11) is -1.89. The highest BCUT2D eigenvalue weighted by Gasteiger charge is 2.26. The first kappa shape index (κ1) is 14.6. The van der Waals surface area contributed by atoms with Gasteiger partial charge in [-0.1, -0.05) is 11.6 Å². The van der Waals surface area contributed by atoms with E-state index in [-0.39, 0.29) is 4.90 Å². The lowest BCUT2D eigenvalue weighted by atomic mass is 10.2. The van der Waals surface area contributed by atoms with Gasteiger partial charge in [-0.2, -0.15) is 4.31 Å². The van der Waals surface area contributed by atoms with Crippen molar-refractivity contribution in [3.63, 3.8) is 0 Å². The van der Waals surface area contributed by atoms with Gasteiger partial charge in [0.15, 0.2) is 0 Å². The summed E-state index contributed by atoms with van der Waals surface area (Å²) < 4.78 is 32.3. The number of rotatable bonds is 3. The molecule has 19 heavy (non-hydrogen) atoms. The summed E-state index contributed by atoms with van der Waals surface area (Å²) in [6, 6.07) is 4.82. The van der Waals surface area contributed by atoms with Gasteiger partial charge in [0.05, 0.1) is 16.5 Å². The zero-order valence-electron chi connectivity index (χ0n) is 10.9. The van der Waals surface area contributed by atoms with Crippen LogP contribution in [0.5, 0.6) is 5.75 Å². The molecule has 0 amide bonds. The third kappa shape index (κ3) is 3.01. The van der Waals surface area contributed by atoms with Crippen molar-refractivity contribution in [2.75, 3.05) is 20.2 Å². The molecule has 6 heteroatoms. The molecule has 0 aromatic heterocycles. The van der Waals surface area contributed by atoms with E-state index in [0.717, 1.165) is 12.0 Å². The number of hydrogen-bond donors (Lipinski definition) is 0. The fourth-order valence-electron chi connectivity index (χ4n) is 2.04. The summed E-state index contributed by atoms with van der Waals surface area (Å²) in [4.78, 5) is 0.287. The normalized spacial score (nSPS) is 17.1. The summed E-state index contributed by atoms with van der Waals surface area (Å²) in [5.74, 6) is 0.619. The third-order valence-electron chi connectivity index (χ3n) is 3.06. The molecule has 0 spiro atoms. The van der Waals surface area contributed by atoms with E-state index in [0.29, 0.717) is 23.3 Å². The fraction of sp³-hybridized carbons (Fsp3) is 0.385. The molecular weight excluding hydrogens is 330 g/mol. The zero-order valence-corrected chi connectivity index (χ0v) is 13.3. The third-order valence-corrected chi connectivity index (χ3v) is 5.52. The number of ether oxygens (including phenoxy) is 1. The highest BCUT2D eigenvalue weighted by Crippen LogP contribution is 2.29. The largest absolute Gasteiger partial charge is 0.496 e. The standard InChI is InChI=1S/C13H16BrNO3S/c1-10-4-3-7-15(9-10)19(16,17)11-5-6-13(18-2)12(14)8-11/h4-6,8H,3,7,9H2,1-2H3. The summed E-state index contributed by atoms with van der Waals surface area (Å²) >= 11 is 3.32. The van der Waals surface area contributed by atoms with Crippen LogP contribution in [0, 0.1) is 0 Å². The van der Waals surface area contributed by atoms with Gasteiger partial charge in [-0.05, 0) is 47.5 Å². The summed E-state index contributed by atoms with van der Waals surface area (Å²) in [6.07, 6.45) is 2.85. The molecule has 2 rings (SSSR count). The van der Waals surface area contributed by atoms with Gasteiger partial charge >= 0.3 is 0 Å². The highest BCUT2D eigenvalue weighted by atomic mass is 79.9. The van der Waals surface area contributed by atoms with Crippen LogP contribution in [0.1, 0.15) is 13.3 Å². The van der Waals surface area contributed by atoms with Crippen molar-refractivity contribution in [1.82, 2.24) is 4.31 Å². The Labute approximate surface area is 122 Å². The lowest BCUT2D eigenvalue weighted by molar-refractivity contribution is 0.411. The first-order valence-electron chi connectivity index (χ1n) is 5.94. The minimum atomic E-state index is -3.44. The van der Waals surface area contributed by atoms with Gasteiger partial charge in [-0.25, -0.2) is 8.42 Å². The second-order valence-electron chi connectivity index (χ2n) is 4.47. The van der Waals surface area contributed by atoms with Gasteiger partial charge in [0.2, 0.25) is 10.0 Å². The maximum Gasteiger partial charge on any atom is 0.243 e. The molecule has 1 aliphatic rings. The van der Waals surface area contributed by atoms with Crippen molar-refractivity contribution in [2.45, 2.75) is 18.2 Å². The van der Waals surface area contributed by atoms with Crippen LogP contribution in [-0.2, 0) is 10.0 Å². The molecule has 4 nitrogen and oxygen atoms in total. The molecule has 104 valence electrons. The Morgan fingerprint density at radius 3 is 2.68 bits per heavy atom. The number of benzene rings is 1. The molecule has 1 aliphatic heterocycles. The number of methoxy groups -OCH3 is 1. The molecule has 1 aromatic carbocycles. The number of sulfonamides is 1. The zero-order chi connectivity index (χ0) is 14.0. The summed E-state index contributed by atoms with van der Waals surface area (Å²) in [6.45, 7) is 2.95. The molecule has 0 radical (unpaired) electrons. The molecule has 0 atom stereocenters. The molecule has 0 aliphatic carbocycles. The maximum absolute atomic E-state index is 12.5. The van der Waals surface area contributed by atoms with Crippen LogP contribution in [0.15, 0.2) is 39.2 Å². The Morgan fingerprint density at radius 2 is 2.11 bits per heavy atom. The topological polar surface area (TPSA) is 46.6 Å². The highest BCUT2D eigenvalue weighted by molar-refractivity contribution is 9.10. The number of hydrogen-bond acceptors (Lipinski definition) is 3. The lowest BCUT2D eigenvalue weighted by Gasteiger charge is -2.25. The average molecular weight is 346 g/mol. The number of halogens is 1. The Morgan fingerprint density at radius 1 is 1.37 bits per heavy atom. The van der Waals surface area contributed by atoms with Gasteiger partial charge < -0.3 is 4.74 Å². The Kier molecular flexibility index (Phi) is 4.32. The van der Waals surface area contributed by atoms with E-state index in [4.69, 9.17) is 4.74 Å². The van der Waals surface area contributed by atoms with Crippen LogP contribution in [0.25, 0.3) is 0 Å². The Hall–Kier alpha value is -0.850. The van der Waals surface area contributed by atoms with Crippen molar-refractivity contribution in [1.29, 1.82) is 0 Å². The van der Waals surface area contributed by atoms with E-state index in [1.165, 1.54) is 4.31 Å². The van der Waals surface area contributed by atoms with E-state index < -0.39 is 10.0 Å². The van der Waals surface area contributed by atoms with Crippen LogP contribution in [0.3, 0.4) is 0 Å². The molecule has 0 fully saturated rings. The first-order valence-corrected chi connectivity index (χ1v) is 8.18. The molecule has 0 unspecified atom stereocenters. The average Bonchev–Trinajstić information content (AvgIpc) is 2.38. The molecule has 0 saturated carbocycles. The van der Waals surface area contributed by atoms with Crippen LogP contribution in [-0.4, -0.2) is 32.9 Å². The van der Waals surface area contributed by atoms with Crippen molar-refractivity contribution in [3.05, 3.63) is 34.3 Å². The monoisotopic (exact) mass is 345 g/mol. The fourth-order valence-corrected chi connectivity index (χ4v) is 4.25. The minimum absolute atomic E-state index is 0.287. The van der Waals surface area contributed by atoms with E-state index in [2.05, 4.69) is 22.0 Å². The SMILES string of the molecule is COc1ccc(S(=O)(=O)N2CCC=C(C)C2)cc1Br. The van der Waals surface area contributed by atoms with E-state index in [1.54, 1.807) is 25.3 Å². The molecular formula is C13H16BrNO3S. The van der Waals surface area contributed by atoms with Crippen molar-refractivity contribution in [3.8, 4) is 5.75 Å². The second kappa shape index (κ2) is 5.64. The van der Waals surface area contributed by atoms with Gasteiger partial charge in [-0.15, -0.1) is 0 Å². The van der Waals surface area contributed by atoms with Crippen LogP contribution >= 0.6 is 15.9 Å². The lowest BCUT2D eigenvalue weighted by Crippen LogP contribution is -2.35. The van der Waals surface area contributed by atoms with Gasteiger partial charge in [0.25, 0.3) is 0 Å². The Bertz CT molecular complexity index is 610. The second-order valence-corrected chi connectivity index (χ2v) is 7.27. The van der Waals surface area contributed by atoms with Crippen LogP contribution in [0.2, 0.25) is 0 Å². The van der Waals surface area contributed by atoms with Gasteiger partial charge in [0, 0.05) is 13.1 Å². The van der Waals surface area contributed by atoms with Crippen LogP contribution in [0.4, 0.5) is 0 Å². The van der Waals surface area contributed by atoms with E-state index in [1.807, 2.05) is 6.92 Å². The summed E-state index contributed by atoms with van der Waals surface area (Å²) in [5.41, 5.74) is 1.09. The molecule has 0 bridgehead atoms. The van der Waals surface area contributed by atoms with Crippen molar-refractivity contribution in [2.24, 2.45) is 0 Å². The Balaban J connectivity index is 2.34. The number of nitrogens with zero attached hydrogens (tertiary/aromatic N) is 1. The predicted molar refractivity (Wildman–Crippen MR) is 77.8 cm³/mol. The first-order chi connectivity index (χ1) is 8.95. The van der Waals surface area contributed by atoms with Gasteiger partial charge in [0.1, 0.15) is 5.75 Å². The van der Waals surface area contributed by atoms with Crippen molar-refractivity contribution >= 4 is 26.0 Å². The van der Waals surface area contributed by atoms with Gasteiger partial charge in [-0.3, -0.25) is 0 Å². The molecule has 0 saturated heterocycles. The molecule has 1 aromatic rings. The van der Waals surface area contributed by atoms with E-state index in [9.17, 15) is 8.42 Å². The molecule has 1 heterocycles. The summed E-state index contributed by atoms with van der Waals surface area (Å²) in [5, 5.41) is 0. The quantitative estimate of drug-likeness (QED) is 0.791. The minimum Gasteiger partial charge on any atom is -0.496 e.